The highest BCUT2D eigenvalue weighted by Gasteiger charge is 2.01. The fraction of sp³-hybridized carbons (Fsp3) is 0.400. The van der Waals surface area contributed by atoms with Crippen LogP contribution in [0.1, 0.15) is 0 Å². The van der Waals surface area contributed by atoms with Crippen LogP contribution in [-0.4, -0.2) is 26.2 Å². The molecule has 0 atom stereocenters. The van der Waals surface area contributed by atoms with Gasteiger partial charge in [-0.3, -0.25) is 0 Å². The lowest BCUT2D eigenvalue weighted by molar-refractivity contribution is 0.0215. The number of nitrogens with one attached hydrogen (secondary N) is 1. The van der Waals surface area contributed by atoms with Gasteiger partial charge in [0.25, 0.3) is 6.43 Å². The Hall–Kier alpha value is -1.56. The van der Waals surface area contributed by atoms with Gasteiger partial charge in [-0.15, -0.1) is 0 Å². The van der Waals surface area contributed by atoms with E-state index in [2.05, 4.69) is 5.32 Å². The predicted octanol–water partition coefficient (Wildman–Crippen LogP) is 1.54. The van der Waals surface area contributed by atoms with Crippen molar-refractivity contribution in [1.29, 1.82) is 0 Å². The van der Waals surface area contributed by atoms with Gasteiger partial charge in [0.05, 0.1) is 18.0 Å². The Morgan fingerprint density at radius 3 is 2.62 bits per heavy atom. The summed E-state index contributed by atoms with van der Waals surface area (Å²) in [7, 11) is 0. The van der Waals surface area contributed by atoms with E-state index >= 15 is 0 Å². The number of nitrogens with two attached hydrogens (primary N) is 2. The number of benzene rings is 1. The van der Waals surface area contributed by atoms with Crippen molar-refractivity contribution in [3.63, 3.8) is 0 Å². The van der Waals surface area contributed by atoms with E-state index in [1.54, 1.807) is 18.2 Å². The third kappa shape index (κ3) is 4.31. The lowest BCUT2D eigenvalue weighted by Gasteiger charge is -2.08. The third-order valence-corrected chi connectivity index (χ3v) is 1.91. The Kier molecular flexibility index (Phi) is 4.78. The smallest absolute Gasteiger partial charge is 0.261 e. The zero-order valence-electron chi connectivity index (χ0n) is 8.75. The van der Waals surface area contributed by atoms with Crippen molar-refractivity contribution in [1.82, 2.24) is 0 Å². The second kappa shape index (κ2) is 6.12. The first-order valence-electron chi connectivity index (χ1n) is 4.84. The standard InChI is InChI=1S/C10H15F2N3O/c11-10(12)6-16-4-3-15-7-1-2-8(13)9(14)5-7/h1-2,5,10,15H,3-4,6,13-14H2. The maximum absolute atomic E-state index is 11.7. The van der Waals surface area contributed by atoms with Gasteiger partial charge in [-0.25, -0.2) is 8.78 Å². The Morgan fingerprint density at radius 1 is 1.25 bits per heavy atom. The molecule has 0 fully saturated rings. The molecule has 0 radical (unpaired) electrons. The van der Waals surface area contributed by atoms with E-state index in [1.807, 2.05) is 0 Å². The number of hydrogen-bond donors (Lipinski definition) is 3. The van der Waals surface area contributed by atoms with Crippen LogP contribution in [0.25, 0.3) is 0 Å². The third-order valence-electron chi connectivity index (χ3n) is 1.91. The minimum Gasteiger partial charge on any atom is -0.397 e. The van der Waals surface area contributed by atoms with Crippen molar-refractivity contribution in [2.75, 3.05) is 36.5 Å². The molecule has 0 aliphatic rings. The minimum atomic E-state index is -2.42. The fourth-order valence-corrected chi connectivity index (χ4v) is 1.12. The minimum absolute atomic E-state index is 0.217. The summed E-state index contributed by atoms with van der Waals surface area (Å²) in [6.07, 6.45) is -2.42. The summed E-state index contributed by atoms with van der Waals surface area (Å²) in [5.74, 6) is 0. The van der Waals surface area contributed by atoms with Crippen LogP contribution in [0, 0.1) is 0 Å². The van der Waals surface area contributed by atoms with E-state index in [4.69, 9.17) is 16.2 Å². The SMILES string of the molecule is Nc1ccc(NCCOCC(F)F)cc1N. The van der Waals surface area contributed by atoms with Crippen molar-refractivity contribution < 1.29 is 13.5 Å². The molecule has 0 spiro atoms. The predicted molar refractivity (Wildman–Crippen MR) is 60.6 cm³/mol. The average molecular weight is 231 g/mol. The monoisotopic (exact) mass is 231 g/mol. The van der Waals surface area contributed by atoms with E-state index < -0.39 is 13.0 Å². The molecule has 0 unspecified atom stereocenters. The van der Waals surface area contributed by atoms with Gasteiger partial charge >= 0.3 is 0 Å². The summed E-state index contributed by atoms with van der Waals surface area (Å²) >= 11 is 0. The summed E-state index contributed by atoms with van der Waals surface area (Å²) in [5, 5.41) is 2.98. The van der Waals surface area contributed by atoms with Gasteiger partial charge in [0.15, 0.2) is 0 Å². The highest BCUT2D eigenvalue weighted by atomic mass is 19.3. The van der Waals surface area contributed by atoms with Gasteiger partial charge in [0.1, 0.15) is 6.61 Å². The molecule has 0 amide bonds. The first kappa shape index (κ1) is 12.5. The molecule has 1 rings (SSSR count). The Morgan fingerprint density at radius 2 is 2.00 bits per heavy atom. The van der Waals surface area contributed by atoms with Gasteiger partial charge in [0, 0.05) is 12.2 Å². The Bertz CT molecular complexity index is 334. The van der Waals surface area contributed by atoms with E-state index in [0.717, 1.165) is 5.69 Å². The molecule has 16 heavy (non-hydrogen) atoms. The van der Waals surface area contributed by atoms with Crippen LogP contribution in [-0.2, 0) is 4.74 Å². The molecule has 0 saturated carbocycles. The molecule has 90 valence electrons. The molecule has 5 N–H and O–H groups in total. The molecule has 0 heterocycles. The first-order valence-corrected chi connectivity index (χ1v) is 4.84. The number of hydrogen-bond acceptors (Lipinski definition) is 4. The van der Waals surface area contributed by atoms with Crippen LogP contribution in [0.5, 0.6) is 0 Å². The number of nitrogen functional groups attached to an aromatic ring is 2. The molecule has 6 heteroatoms. The maximum atomic E-state index is 11.7. The van der Waals surface area contributed by atoms with Gasteiger partial charge in [-0.05, 0) is 18.2 Å². The van der Waals surface area contributed by atoms with Crippen LogP contribution < -0.4 is 16.8 Å². The van der Waals surface area contributed by atoms with Crippen molar-refractivity contribution >= 4 is 17.1 Å². The van der Waals surface area contributed by atoms with E-state index in [-0.39, 0.29) is 6.61 Å². The summed E-state index contributed by atoms with van der Waals surface area (Å²) in [6.45, 7) is 0.121. The van der Waals surface area contributed by atoms with Crippen LogP contribution in [0.15, 0.2) is 18.2 Å². The van der Waals surface area contributed by atoms with Gasteiger partial charge in [-0.2, -0.15) is 0 Å². The quantitative estimate of drug-likeness (QED) is 0.513. The van der Waals surface area contributed by atoms with E-state index in [1.165, 1.54) is 0 Å². The zero-order valence-corrected chi connectivity index (χ0v) is 8.75. The number of halogens is 2. The molecule has 0 saturated heterocycles. The molecule has 0 aliphatic carbocycles. The molecule has 4 nitrogen and oxygen atoms in total. The maximum Gasteiger partial charge on any atom is 0.261 e. The molecular weight excluding hydrogens is 216 g/mol. The number of ether oxygens (including phenoxy) is 1. The molecule has 0 aromatic heterocycles. The molecule has 1 aromatic rings. The van der Waals surface area contributed by atoms with Crippen molar-refractivity contribution in [3.05, 3.63) is 18.2 Å². The average Bonchev–Trinajstić information content (AvgIpc) is 2.22. The van der Waals surface area contributed by atoms with Crippen LogP contribution in [0.3, 0.4) is 0 Å². The second-order valence-electron chi connectivity index (χ2n) is 3.24. The highest BCUT2D eigenvalue weighted by molar-refractivity contribution is 5.69. The highest BCUT2D eigenvalue weighted by Crippen LogP contribution is 2.19. The van der Waals surface area contributed by atoms with Gasteiger partial charge < -0.3 is 21.5 Å². The summed E-state index contributed by atoms with van der Waals surface area (Å²) in [5.41, 5.74) is 12.9. The topological polar surface area (TPSA) is 73.3 Å². The lowest BCUT2D eigenvalue weighted by atomic mass is 10.2. The summed E-state index contributed by atoms with van der Waals surface area (Å²) < 4.78 is 28.1. The largest absolute Gasteiger partial charge is 0.397 e. The first-order chi connectivity index (χ1) is 7.59. The molecule has 0 aliphatic heterocycles. The van der Waals surface area contributed by atoms with Crippen LogP contribution >= 0.6 is 0 Å². The van der Waals surface area contributed by atoms with Crippen molar-refractivity contribution in [2.45, 2.75) is 6.43 Å². The van der Waals surface area contributed by atoms with Gasteiger partial charge in [-0.1, -0.05) is 0 Å². The number of anilines is 3. The van der Waals surface area contributed by atoms with Crippen LogP contribution in [0.2, 0.25) is 0 Å². The van der Waals surface area contributed by atoms with Crippen LogP contribution in [0.4, 0.5) is 25.8 Å². The van der Waals surface area contributed by atoms with Crippen molar-refractivity contribution in [3.8, 4) is 0 Å². The summed E-state index contributed by atoms with van der Waals surface area (Å²) in [6, 6.07) is 5.12. The zero-order chi connectivity index (χ0) is 12.0. The Labute approximate surface area is 92.6 Å². The second-order valence-corrected chi connectivity index (χ2v) is 3.24. The molecular formula is C10H15F2N3O. The Balaban J connectivity index is 2.24. The number of rotatable bonds is 6. The van der Waals surface area contributed by atoms with Crippen molar-refractivity contribution in [2.24, 2.45) is 0 Å². The van der Waals surface area contributed by atoms with Gasteiger partial charge in [0.2, 0.25) is 0 Å². The molecule has 0 bridgehead atoms. The summed E-state index contributed by atoms with van der Waals surface area (Å²) in [4.78, 5) is 0. The lowest BCUT2D eigenvalue weighted by Crippen LogP contribution is -2.13. The molecule has 1 aromatic carbocycles. The number of alkyl halides is 2. The normalized spacial score (nSPS) is 10.7. The van der Waals surface area contributed by atoms with E-state index in [9.17, 15) is 8.78 Å². The van der Waals surface area contributed by atoms with E-state index in [0.29, 0.717) is 17.9 Å². The fourth-order valence-electron chi connectivity index (χ4n) is 1.12.